The van der Waals surface area contributed by atoms with E-state index in [9.17, 15) is 40.2 Å². The van der Waals surface area contributed by atoms with Gasteiger partial charge >= 0.3 is 5.97 Å². The van der Waals surface area contributed by atoms with E-state index in [1.807, 2.05) is 58.0 Å². The average molecular weight is 1230 g/mol. The molecule has 0 unspecified atom stereocenters. The first kappa shape index (κ1) is 66.9. The van der Waals surface area contributed by atoms with Gasteiger partial charge < -0.3 is 102 Å². The SMILES string of the molecule is CO[C@H]1C[C@H](O[C@H]2CC[C@@]3(C)C(=CC[C@]4(O)[C@@H]3C[C@@H](OC(=O)C=Cc3ccccc3)[C@]3(C)[C@H](C(C)=O)CC[C@@]34O)C2)O[C@H](C)[C@H]1O[C@H]1C[C@@H](OC)[C@H](O[C@H]2C[C@@H](OC)[C@H](O[C@H]3C[C@H](OC)[C@H](O[C@@H]4O[C@H](CO)[C@@H](O)[C@H](O)[C@H]4O)[C@@H](C)O3)[C@@H](C)O2)[C@@H](C)O1. The van der Waals surface area contributed by atoms with Gasteiger partial charge in [-0.1, -0.05) is 55.8 Å². The van der Waals surface area contributed by atoms with Crippen molar-refractivity contribution in [2.24, 2.45) is 22.7 Å². The fourth-order valence-electron chi connectivity index (χ4n) is 16.6. The van der Waals surface area contributed by atoms with Crippen LogP contribution >= 0.6 is 0 Å². The molecule has 0 spiro atoms. The summed E-state index contributed by atoms with van der Waals surface area (Å²) >= 11 is 0. The number of carbonyl (C=O) groups excluding carboxylic acids is 2. The molecule has 0 amide bonds. The molecule has 5 heterocycles. The zero-order chi connectivity index (χ0) is 62.5. The molecule has 5 saturated heterocycles. The molecule has 1 aromatic carbocycles. The Hall–Kier alpha value is -2.96. The molecule has 490 valence electrons. The molecule has 10 rings (SSSR count). The van der Waals surface area contributed by atoms with Gasteiger partial charge in [0.1, 0.15) is 71.9 Å². The Kier molecular flexibility index (Phi) is 21.0. The molecule has 0 aromatic heterocycles. The summed E-state index contributed by atoms with van der Waals surface area (Å²) in [4.78, 5) is 26.9. The number of ether oxygens (including phenoxy) is 15. The molecule has 4 aliphatic carbocycles. The minimum atomic E-state index is -1.70. The quantitative estimate of drug-likeness (QED) is 0.0649. The fraction of sp³-hybridized carbons (Fsp3) is 0.812. The Morgan fingerprint density at radius 3 is 1.61 bits per heavy atom. The van der Waals surface area contributed by atoms with Gasteiger partial charge in [0.2, 0.25) is 0 Å². The minimum absolute atomic E-state index is 0.0982. The second kappa shape index (κ2) is 27.3. The lowest BCUT2D eigenvalue weighted by atomic mass is 9.43. The van der Waals surface area contributed by atoms with Crippen LogP contribution in [0.5, 0.6) is 0 Å². The van der Waals surface area contributed by atoms with Crippen LogP contribution in [-0.4, -0.2) is 230 Å². The highest BCUT2D eigenvalue weighted by atomic mass is 16.8. The molecule has 87 heavy (non-hydrogen) atoms. The largest absolute Gasteiger partial charge is 0.458 e. The molecule has 23 heteroatoms. The smallest absolute Gasteiger partial charge is 0.331 e. The van der Waals surface area contributed by atoms with Crippen LogP contribution in [0.4, 0.5) is 0 Å². The van der Waals surface area contributed by atoms with E-state index in [4.69, 9.17) is 71.1 Å². The van der Waals surface area contributed by atoms with Crippen molar-refractivity contribution in [1.82, 2.24) is 0 Å². The number of Topliss-reactive ketones (excluding diaryl/α,β-unsaturated/α-hetero) is 1. The van der Waals surface area contributed by atoms with Gasteiger partial charge in [0.15, 0.2) is 31.5 Å². The molecule has 9 aliphatic rings. The van der Waals surface area contributed by atoms with Crippen LogP contribution in [0.25, 0.3) is 6.08 Å². The molecule has 1 aromatic rings. The Morgan fingerprint density at radius 1 is 0.632 bits per heavy atom. The third kappa shape index (κ3) is 12.8. The molecule has 5 aliphatic heterocycles. The summed E-state index contributed by atoms with van der Waals surface area (Å²) in [6.45, 7) is 12.4. The average Bonchev–Trinajstić information content (AvgIpc) is 1.64. The summed E-state index contributed by atoms with van der Waals surface area (Å²) in [6.07, 6.45) is -8.26. The molecule has 6 N–H and O–H groups in total. The first-order chi connectivity index (χ1) is 41.4. The van der Waals surface area contributed by atoms with E-state index in [2.05, 4.69) is 13.0 Å². The Morgan fingerprint density at radius 2 is 1.13 bits per heavy atom. The highest BCUT2D eigenvalue weighted by molar-refractivity contribution is 5.87. The number of rotatable bonds is 19. The molecule has 23 nitrogen and oxygen atoms in total. The summed E-state index contributed by atoms with van der Waals surface area (Å²) in [5.41, 5.74) is -3.11. The minimum Gasteiger partial charge on any atom is -0.458 e. The van der Waals surface area contributed by atoms with E-state index in [1.54, 1.807) is 34.3 Å². The van der Waals surface area contributed by atoms with Gasteiger partial charge in [0, 0.05) is 77.4 Å². The summed E-state index contributed by atoms with van der Waals surface area (Å²) in [5.74, 6) is -1.74. The Balaban J connectivity index is 0.718. The first-order valence-corrected chi connectivity index (χ1v) is 31.3. The topological polar surface area (TPSA) is 294 Å². The van der Waals surface area contributed by atoms with Crippen molar-refractivity contribution in [2.45, 2.75) is 272 Å². The fourth-order valence-corrected chi connectivity index (χ4v) is 16.6. The van der Waals surface area contributed by atoms with Crippen LogP contribution in [0.1, 0.15) is 125 Å². The number of benzene rings is 1. The van der Waals surface area contributed by atoms with Crippen LogP contribution in [0.15, 0.2) is 48.1 Å². The third-order valence-electron chi connectivity index (χ3n) is 21.5. The van der Waals surface area contributed by atoms with E-state index in [-0.39, 0.29) is 37.6 Å². The Labute approximate surface area is 510 Å². The summed E-state index contributed by atoms with van der Waals surface area (Å²) in [6, 6.07) is 9.44. The zero-order valence-corrected chi connectivity index (χ0v) is 52.2. The van der Waals surface area contributed by atoms with Gasteiger partial charge in [0.25, 0.3) is 0 Å². The van der Waals surface area contributed by atoms with E-state index in [0.717, 1.165) is 11.1 Å². The number of aliphatic hydroxyl groups is 6. The lowest BCUT2D eigenvalue weighted by molar-refractivity contribution is -0.358. The summed E-state index contributed by atoms with van der Waals surface area (Å²) in [7, 11) is 6.38. The third-order valence-corrected chi connectivity index (χ3v) is 21.5. The van der Waals surface area contributed by atoms with Gasteiger partial charge in [0.05, 0.1) is 61.5 Å². The van der Waals surface area contributed by atoms with Gasteiger partial charge in [-0.05, 0) is 96.6 Å². The lowest BCUT2D eigenvalue weighted by Gasteiger charge is -2.66. The van der Waals surface area contributed by atoms with Crippen LogP contribution in [0.3, 0.4) is 0 Å². The van der Waals surface area contributed by atoms with Crippen molar-refractivity contribution in [1.29, 1.82) is 0 Å². The van der Waals surface area contributed by atoms with Crippen molar-refractivity contribution in [2.75, 3.05) is 35.0 Å². The molecular formula is C64H96O23. The zero-order valence-electron chi connectivity index (χ0n) is 52.2. The number of aliphatic hydroxyl groups excluding tert-OH is 4. The maximum atomic E-state index is 13.6. The number of methoxy groups -OCH3 is 4. The highest BCUT2D eigenvalue weighted by Crippen LogP contribution is 2.70. The van der Waals surface area contributed by atoms with Crippen LogP contribution in [0.2, 0.25) is 0 Å². The second-order valence-corrected chi connectivity index (χ2v) is 26.3. The number of carbonyl (C=O) groups is 2. The predicted molar refractivity (Wildman–Crippen MR) is 307 cm³/mol. The summed E-state index contributed by atoms with van der Waals surface area (Å²) < 4.78 is 94.5. The van der Waals surface area contributed by atoms with Crippen LogP contribution in [-0.2, 0) is 80.6 Å². The van der Waals surface area contributed by atoms with Crippen LogP contribution in [0, 0.1) is 22.7 Å². The van der Waals surface area contributed by atoms with Crippen molar-refractivity contribution in [3.05, 3.63) is 53.6 Å². The van der Waals surface area contributed by atoms with Crippen molar-refractivity contribution in [3.63, 3.8) is 0 Å². The van der Waals surface area contributed by atoms with E-state index >= 15 is 0 Å². The molecule has 3 saturated carbocycles. The van der Waals surface area contributed by atoms with Gasteiger partial charge in [-0.3, -0.25) is 4.79 Å². The molecular weight excluding hydrogens is 1140 g/mol. The van der Waals surface area contributed by atoms with E-state index < -0.39 is 182 Å². The predicted octanol–water partition coefficient (Wildman–Crippen LogP) is 3.94. The Bertz CT molecular complexity index is 2540. The number of ketones is 1. The second-order valence-electron chi connectivity index (χ2n) is 26.3. The maximum absolute atomic E-state index is 13.6. The van der Waals surface area contributed by atoms with E-state index in [1.165, 1.54) is 20.1 Å². The summed E-state index contributed by atoms with van der Waals surface area (Å²) in [5, 5.41) is 66.9. The number of esters is 1. The molecule has 0 bridgehead atoms. The number of hydrogen-bond acceptors (Lipinski definition) is 23. The normalized spacial score (nSPS) is 48.4. The highest BCUT2D eigenvalue weighted by Gasteiger charge is 2.77. The van der Waals surface area contributed by atoms with Crippen molar-refractivity contribution >= 4 is 17.8 Å². The number of hydrogen-bond donors (Lipinski definition) is 6. The number of fused-ring (bicyclic) bond motifs is 5. The lowest BCUT2D eigenvalue weighted by Crippen LogP contribution is -2.75. The van der Waals surface area contributed by atoms with Gasteiger partial charge in [-0.2, -0.15) is 0 Å². The van der Waals surface area contributed by atoms with Crippen molar-refractivity contribution < 1.29 is 111 Å². The first-order valence-electron chi connectivity index (χ1n) is 31.3. The maximum Gasteiger partial charge on any atom is 0.331 e. The molecule has 8 fully saturated rings. The van der Waals surface area contributed by atoms with Crippen LogP contribution < -0.4 is 0 Å². The molecule has 29 atom stereocenters. The van der Waals surface area contributed by atoms with Gasteiger partial charge in [-0.15, -0.1) is 0 Å². The van der Waals surface area contributed by atoms with Gasteiger partial charge in [-0.25, -0.2) is 4.79 Å². The molecule has 0 radical (unpaired) electrons. The monoisotopic (exact) mass is 1230 g/mol. The van der Waals surface area contributed by atoms with Crippen molar-refractivity contribution in [3.8, 4) is 0 Å². The standard InChI is InChI=1S/C64H96O23/c1-32(66)40-21-24-64(72)62(40,7)47(83-48(67)18-17-37-15-13-12-14-16-37)30-46-61(6)22-20-39(25-38(61)19-23-63(46,64)71)81-49-26-41(73-8)56(33(2)77-49)84-50-27-42(74-9)57(34(3)78-50)85-51-28-43(75-10)58(35(4)79-51)86-52-29-44(76-11)59(36(5)80-52)87-60-55(70)54(69)53(68)45(31-65)82-60/h12-19,33-36,39-47,49-60,65,68-72H,20-31H2,1-11H3/t33-,34-,35-,36-,39+,40+,41+,42-,43-,44+,45-,46-,47-,49+,50+,51+,52+,53-,54+,55-,56-,57-,58-,59-,60+,61+,62+,63+,64-/m1/s1. The van der Waals surface area contributed by atoms with E-state index in [0.29, 0.717) is 44.9 Å².